The Morgan fingerprint density at radius 1 is 1.50 bits per heavy atom. The Bertz CT molecular complexity index is 1170. The Morgan fingerprint density at radius 2 is 2.41 bits per heavy atom. The van der Waals surface area contributed by atoms with Crippen molar-refractivity contribution in [3.8, 4) is 0 Å². The second-order valence-corrected chi connectivity index (χ2v) is 7.32. The average Bonchev–Trinajstić information content (AvgIpc) is 3.54. The van der Waals surface area contributed by atoms with Gasteiger partial charge in [-0.05, 0) is 6.08 Å². The summed E-state index contributed by atoms with van der Waals surface area (Å²) in [5, 5.41) is 15.9. The average molecular weight is 464 g/mol. The number of rotatable bonds is 10. The van der Waals surface area contributed by atoms with E-state index in [4.69, 9.17) is 10.5 Å². The summed E-state index contributed by atoms with van der Waals surface area (Å²) in [7, 11) is -0.448. The molecule has 13 nitrogen and oxygen atoms in total. The molecule has 1 fully saturated rings. The standard InChI is InChI=1S/C18H23N8O5P/c27-11-5-14(31-12(11)7-30-32)26-9-23-15-16(26)24-18(25-17(15)29)21-4-3-20-13(28)2-1-10-6-19-8-22-10/h1-2,6,8-9,11-12,14,27H,3-5,7,32H2,(H,19,22)(H,20,28)(H2,21,24,25,29)/b2-1+/i32T. The minimum absolute atomic E-state index is 0.107. The fourth-order valence-electron chi connectivity index (χ4n) is 3.29. The number of aromatic amines is 2. The number of aliphatic hydroxyl groups is 1. The van der Waals surface area contributed by atoms with Gasteiger partial charge in [0.2, 0.25) is 11.9 Å². The highest BCUT2D eigenvalue weighted by molar-refractivity contribution is 7.09. The maximum atomic E-state index is 12.4. The number of H-pyrrole nitrogens is 2. The minimum atomic E-state index is -0.769. The van der Waals surface area contributed by atoms with Crippen LogP contribution in [0.15, 0.2) is 29.7 Å². The third-order valence-electron chi connectivity index (χ3n) is 4.84. The van der Waals surface area contributed by atoms with Crippen molar-refractivity contribution in [2.45, 2.75) is 24.9 Å². The Balaban J connectivity index is 1.36. The molecule has 0 aliphatic carbocycles. The molecule has 1 amide bonds. The second-order valence-electron chi connectivity index (χ2n) is 7.03. The maximum Gasteiger partial charge on any atom is 0.280 e. The molecular formula is C18H23N8O5P. The van der Waals surface area contributed by atoms with E-state index in [1.165, 1.54) is 18.7 Å². The number of aliphatic hydroxyl groups excluding tert-OH is 1. The van der Waals surface area contributed by atoms with Crippen molar-refractivity contribution in [3.63, 3.8) is 0 Å². The predicted molar refractivity (Wildman–Crippen MR) is 117 cm³/mol. The molecule has 4 rings (SSSR count). The van der Waals surface area contributed by atoms with Gasteiger partial charge >= 0.3 is 0 Å². The molecule has 1 aliphatic rings. The second kappa shape index (κ2) is 10.0. The summed E-state index contributed by atoms with van der Waals surface area (Å²) in [6.45, 7) is 0.715. The molecule has 1 saturated heterocycles. The van der Waals surface area contributed by atoms with Crippen LogP contribution in [0.2, 0.25) is 0 Å². The third-order valence-corrected chi connectivity index (χ3v) is 5.00. The van der Waals surface area contributed by atoms with Crippen LogP contribution < -0.4 is 16.2 Å². The van der Waals surface area contributed by atoms with Gasteiger partial charge < -0.3 is 30.0 Å². The van der Waals surface area contributed by atoms with E-state index < -0.39 is 33.4 Å². The number of anilines is 1. The third kappa shape index (κ3) is 5.02. The molecule has 0 saturated carbocycles. The Morgan fingerprint density at radius 3 is 3.22 bits per heavy atom. The van der Waals surface area contributed by atoms with Crippen molar-refractivity contribution >= 4 is 38.5 Å². The maximum absolute atomic E-state index is 12.4. The number of hydrogen-bond donors (Lipinski definition) is 5. The van der Waals surface area contributed by atoms with Crippen LogP contribution in [0.3, 0.4) is 0 Å². The molecule has 0 spiro atoms. The fourth-order valence-corrected chi connectivity index (χ4v) is 3.45. The number of hydrogen-bond acceptors (Lipinski definition) is 9. The van der Waals surface area contributed by atoms with E-state index in [0.717, 1.165) is 0 Å². The van der Waals surface area contributed by atoms with E-state index in [0.29, 0.717) is 24.4 Å². The summed E-state index contributed by atoms with van der Waals surface area (Å²) in [5.41, 5.74) is 0.654. The summed E-state index contributed by atoms with van der Waals surface area (Å²) in [6, 6.07) is 0. The van der Waals surface area contributed by atoms with Crippen molar-refractivity contribution in [1.82, 2.24) is 34.8 Å². The van der Waals surface area contributed by atoms with Gasteiger partial charge in [-0.2, -0.15) is 4.98 Å². The first-order valence-electron chi connectivity index (χ1n) is 10.3. The van der Waals surface area contributed by atoms with E-state index in [-0.39, 0.29) is 30.4 Å². The van der Waals surface area contributed by atoms with Crippen molar-refractivity contribution in [1.29, 1.82) is 1.28 Å². The fraction of sp³-hybridized carbons (Fsp3) is 0.389. The number of fused-ring (bicyclic) bond motifs is 1. The highest BCUT2D eigenvalue weighted by Gasteiger charge is 2.35. The van der Waals surface area contributed by atoms with Crippen LogP contribution in [0.1, 0.15) is 18.3 Å². The minimum Gasteiger partial charge on any atom is -0.390 e. The zero-order valence-electron chi connectivity index (χ0n) is 17.8. The first-order valence-corrected chi connectivity index (χ1v) is 10.2. The molecule has 170 valence electrons. The highest BCUT2D eigenvalue weighted by Crippen LogP contribution is 2.30. The normalized spacial score (nSPS) is 21.7. The molecular weight excluding hydrogens is 439 g/mol. The van der Waals surface area contributed by atoms with Crippen LogP contribution in [0.5, 0.6) is 0 Å². The SMILES string of the molecule is [3H]POCC1OC(n2cnc3c(=O)[nH]c(NCCNC(=O)/C=C/c4c[nH]cn4)nc32)CC1O. The zero-order chi connectivity index (χ0) is 23.2. The molecule has 0 radical (unpaired) electrons. The van der Waals surface area contributed by atoms with Crippen LogP contribution in [-0.2, 0) is 14.1 Å². The lowest BCUT2D eigenvalue weighted by molar-refractivity contribution is -0.116. The van der Waals surface area contributed by atoms with Gasteiger partial charge in [0, 0.05) is 41.2 Å². The predicted octanol–water partition coefficient (Wildman–Crippen LogP) is -0.461. The molecule has 32 heavy (non-hydrogen) atoms. The molecule has 4 heterocycles. The van der Waals surface area contributed by atoms with Gasteiger partial charge in [-0.25, -0.2) is 9.97 Å². The number of ether oxygens (including phenoxy) is 1. The van der Waals surface area contributed by atoms with Crippen LogP contribution in [0.25, 0.3) is 17.2 Å². The van der Waals surface area contributed by atoms with E-state index in [2.05, 4.69) is 35.6 Å². The number of amides is 1. The summed E-state index contributed by atoms with van der Waals surface area (Å²) in [6.07, 6.45) is 5.94. The highest BCUT2D eigenvalue weighted by atomic mass is 31.0. The molecule has 5 N–H and O–H groups in total. The molecule has 0 aromatic carbocycles. The Kier molecular flexibility index (Phi) is 6.49. The van der Waals surface area contributed by atoms with Gasteiger partial charge in [-0.3, -0.25) is 19.1 Å². The number of nitrogens with one attached hydrogen (secondary N) is 4. The molecule has 0 bridgehead atoms. The first-order chi connectivity index (χ1) is 16.0. The van der Waals surface area contributed by atoms with Crippen LogP contribution in [-0.4, -0.2) is 73.7 Å². The summed E-state index contributed by atoms with van der Waals surface area (Å²) in [5.74, 6) is -0.0689. The van der Waals surface area contributed by atoms with E-state index in [9.17, 15) is 14.7 Å². The van der Waals surface area contributed by atoms with Crippen molar-refractivity contribution in [2.75, 3.05) is 25.0 Å². The molecule has 1 aliphatic heterocycles. The molecule has 4 unspecified atom stereocenters. The molecule has 4 atom stereocenters. The summed E-state index contributed by atoms with van der Waals surface area (Å²) in [4.78, 5) is 42.2. The van der Waals surface area contributed by atoms with Gasteiger partial charge in [0.25, 0.3) is 5.56 Å². The van der Waals surface area contributed by atoms with Crippen molar-refractivity contribution < 1.29 is 19.2 Å². The van der Waals surface area contributed by atoms with Crippen molar-refractivity contribution in [2.24, 2.45) is 0 Å². The molecule has 3 aromatic heterocycles. The van der Waals surface area contributed by atoms with Gasteiger partial charge in [-0.1, -0.05) is 0 Å². The van der Waals surface area contributed by atoms with Crippen LogP contribution >= 0.6 is 9.41 Å². The Labute approximate surface area is 185 Å². The number of aromatic nitrogens is 6. The lowest BCUT2D eigenvalue weighted by Gasteiger charge is -2.15. The van der Waals surface area contributed by atoms with Gasteiger partial charge in [0.05, 0.1) is 32.3 Å². The van der Waals surface area contributed by atoms with Gasteiger partial charge in [-0.15, -0.1) is 0 Å². The lowest BCUT2D eigenvalue weighted by atomic mass is 10.2. The van der Waals surface area contributed by atoms with Gasteiger partial charge in [0.15, 0.2) is 11.2 Å². The smallest absolute Gasteiger partial charge is 0.280 e. The quantitative estimate of drug-likeness (QED) is 0.151. The van der Waals surface area contributed by atoms with E-state index >= 15 is 0 Å². The number of carbonyl (C=O) groups excluding carboxylic acids is 1. The summed E-state index contributed by atoms with van der Waals surface area (Å²) < 4.78 is 19.5. The van der Waals surface area contributed by atoms with E-state index in [1.54, 1.807) is 16.8 Å². The lowest BCUT2D eigenvalue weighted by Crippen LogP contribution is -2.28. The summed E-state index contributed by atoms with van der Waals surface area (Å²) >= 11 is 0. The van der Waals surface area contributed by atoms with Crippen LogP contribution in [0, 0.1) is 0 Å². The molecule has 14 heteroatoms. The Hall–Kier alpha value is -3.12. The topological polar surface area (TPSA) is 172 Å². The van der Waals surface area contributed by atoms with Crippen LogP contribution in [0.4, 0.5) is 5.95 Å². The van der Waals surface area contributed by atoms with Crippen molar-refractivity contribution in [3.05, 3.63) is 41.0 Å². The first kappa shape index (κ1) is 20.8. The number of carbonyl (C=O) groups is 1. The van der Waals surface area contributed by atoms with Gasteiger partial charge in [0.1, 0.15) is 12.3 Å². The number of imidazole rings is 2. The van der Waals surface area contributed by atoms with E-state index in [1.807, 2.05) is 0 Å². The zero-order valence-corrected chi connectivity index (χ0v) is 17.8. The molecule has 3 aromatic rings. The number of nitrogens with zero attached hydrogens (tertiary/aromatic N) is 4. The monoisotopic (exact) mass is 464 g/mol. The largest absolute Gasteiger partial charge is 0.390 e.